The van der Waals surface area contributed by atoms with Crippen LogP contribution in [-0.2, 0) is 17.8 Å². The number of para-hydroxylation sites is 1. The Morgan fingerprint density at radius 2 is 1.80 bits per heavy atom. The minimum atomic E-state index is -0.321. The molecule has 0 saturated heterocycles. The fourth-order valence-corrected chi connectivity index (χ4v) is 4.26. The van der Waals surface area contributed by atoms with Gasteiger partial charge in [-0.15, -0.1) is 0 Å². The van der Waals surface area contributed by atoms with Gasteiger partial charge in [-0.1, -0.05) is 36.4 Å². The monoisotopic (exact) mass is 469 g/mol. The van der Waals surface area contributed by atoms with Crippen LogP contribution in [0, 0.1) is 0 Å². The first-order chi connectivity index (χ1) is 17.1. The number of nitrogens with one attached hydrogen (secondary N) is 2. The molecule has 1 fully saturated rings. The highest BCUT2D eigenvalue weighted by Crippen LogP contribution is 2.25. The number of fused-ring (bicyclic) bond motifs is 1. The number of carbonyl (C=O) groups is 2. The highest BCUT2D eigenvalue weighted by Gasteiger charge is 2.19. The molecule has 0 aliphatic heterocycles. The van der Waals surface area contributed by atoms with Gasteiger partial charge in [0, 0.05) is 29.4 Å². The van der Waals surface area contributed by atoms with Crippen LogP contribution in [0.25, 0.3) is 11.0 Å². The van der Waals surface area contributed by atoms with Crippen molar-refractivity contribution < 1.29 is 18.7 Å². The first-order valence-corrected chi connectivity index (χ1v) is 11.9. The summed E-state index contributed by atoms with van der Waals surface area (Å²) in [5.74, 6) is 0.434. The van der Waals surface area contributed by atoms with Gasteiger partial charge in [-0.05, 0) is 61.6 Å². The zero-order valence-electron chi connectivity index (χ0n) is 19.3. The van der Waals surface area contributed by atoms with E-state index < -0.39 is 0 Å². The van der Waals surface area contributed by atoms with Crippen LogP contribution in [0.15, 0.2) is 77.3 Å². The molecule has 4 aromatic rings. The SMILES string of the molecule is O=C(Cc1ccc(NC(=O)c2cc3ccccc3o2)cc1)NCc1cccnc1OC1CCCC1. The molecule has 2 aromatic heterocycles. The number of hydrogen-bond donors (Lipinski definition) is 2. The summed E-state index contributed by atoms with van der Waals surface area (Å²) in [6.45, 7) is 0.361. The van der Waals surface area contributed by atoms with Gasteiger partial charge >= 0.3 is 0 Å². The lowest BCUT2D eigenvalue weighted by Gasteiger charge is -2.15. The van der Waals surface area contributed by atoms with Gasteiger partial charge in [0.2, 0.25) is 11.8 Å². The summed E-state index contributed by atoms with van der Waals surface area (Å²) < 4.78 is 11.7. The molecule has 1 saturated carbocycles. The van der Waals surface area contributed by atoms with Crippen LogP contribution in [0.3, 0.4) is 0 Å². The highest BCUT2D eigenvalue weighted by molar-refractivity contribution is 6.04. The number of benzene rings is 2. The van der Waals surface area contributed by atoms with Crippen LogP contribution in [0.5, 0.6) is 5.88 Å². The molecule has 178 valence electrons. The van der Waals surface area contributed by atoms with E-state index in [1.165, 1.54) is 12.8 Å². The molecule has 2 amide bonds. The van der Waals surface area contributed by atoms with Crippen LogP contribution in [0.2, 0.25) is 0 Å². The van der Waals surface area contributed by atoms with Crippen LogP contribution >= 0.6 is 0 Å². The standard InChI is InChI=1S/C28H27N3O4/c32-26(30-18-21-7-5-15-29-28(21)34-23-8-2-3-9-23)16-19-11-13-22(14-12-19)31-27(33)25-17-20-6-1-4-10-24(20)35-25/h1,4-7,10-15,17,23H,2-3,8-9,16,18H2,(H,30,32)(H,31,33). The summed E-state index contributed by atoms with van der Waals surface area (Å²) in [5, 5.41) is 6.66. The number of nitrogens with zero attached hydrogens (tertiary/aromatic N) is 1. The maximum absolute atomic E-state index is 12.5. The van der Waals surface area contributed by atoms with Crippen molar-refractivity contribution in [2.24, 2.45) is 0 Å². The van der Waals surface area contributed by atoms with E-state index in [0.717, 1.165) is 29.4 Å². The smallest absolute Gasteiger partial charge is 0.291 e. The maximum Gasteiger partial charge on any atom is 0.291 e. The van der Waals surface area contributed by atoms with Gasteiger partial charge in [-0.3, -0.25) is 9.59 Å². The van der Waals surface area contributed by atoms with E-state index in [-0.39, 0.29) is 30.1 Å². The second-order valence-corrected chi connectivity index (χ2v) is 8.75. The summed E-state index contributed by atoms with van der Waals surface area (Å²) in [6, 6.07) is 20.2. The van der Waals surface area contributed by atoms with Crippen molar-refractivity contribution >= 4 is 28.5 Å². The van der Waals surface area contributed by atoms with Gasteiger partial charge in [0.05, 0.1) is 6.42 Å². The van der Waals surface area contributed by atoms with Crippen molar-refractivity contribution in [3.05, 3.63) is 89.8 Å². The third-order valence-electron chi connectivity index (χ3n) is 6.13. The molecule has 0 bridgehead atoms. The Balaban J connectivity index is 1.13. The average Bonchev–Trinajstić information content (AvgIpc) is 3.55. The molecule has 7 heteroatoms. The lowest BCUT2D eigenvalue weighted by Crippen LogP contribution is -2.25. The number of anilines is 1. The summed E-state index contributed by atoms with van der Waals surface area (Å²) in [5.41, 5.74) is 3.01. The van der Waals surface area contributed by atoms with Gasteiger partial charge in [-0.25, -0.2) is 4.98 Å². The molecular weight excluding hydrogens is 442 g/mol. The van der Waals surface area contributed by atoms with Crippen molar-refractivity contribution in [3.63, 3.8) is 0 Å². The molecular formula is C28H27N3O4. The third-order valence-corrected chi connectivity index (χ3v) is 6.13. The molecule has 1 aliphatic rings. The molecule has 0 spiro atoms. The normalized spacial score (nSPS) is 13.6. The Morgan fingerprint density at radius 3 is 2.60 bits per heavy atom. The second-order valence-electron chi connectivity index (χ2n) is 8.75. The number of ether oxygens (including phenoxy) is 1. The zero-order valence-corrected chi connectivity index (χ0v) is 19.3. The summed E-state index contributed by atoms with van der Waals surface area (Å²) in [7, 11) is 0. The van der Waals surface area contributed by atoms with Crippen LogP contribution in [-0.4, -0.2) is 22.9 Å². The third kappa shape index (κ3) is 5.69. The Bertz CT molecular complexity index is 1290. The summed E-state index contributed by atoms with van der Waals surface area (Å²) in [6.07, 6.45) is 6.64. The van der Waals surface area contributed by atoms with E-state index in [9.17, 15) is 9.59 Å². The zero-order chi connectivity index (χ0) is 24.0. The summed E-state index contributed by atoms with van der Waals surface area (Å²) in [4.78, 5) is 29.4. The van der Waals surface area contributed by atoms with Gasteiger partial charge < -0.3 is 19.8 Å². The van der Waals surface area contributed by atoms with E-state index in [1.807, 2.05) is 48.5 Å². The average molecular weight is 470 g/mol. The first-order valence-electron chi connectivity index (χ1n) is 11.9. The quantitative estimate of drug-likeness (QED) is 0.367. The molecule has 1 aliphatic carbocycles. The van der Waals surface area contributed by atoms with Gasteiger partial charge in [0.15, 0.2) is 5.76 Å². The number of amides is 2. The van der Waals surface area contributed by atoms with E-state index in [1.54, 1.807) is 24.4 Å². The fraction of sp³-hybridized carbons (Fsp3) is 0.250. The predicted molar refractivity (Wildman–Crippen MR) is 133 cm³/mol. The Labute approximate surface area is 203 Å². The Hall–Kier alpha value is -4.13. The number of pyridine rings is 1. The number of furan rings is 1. The van der Waals surface area contributed by atoms with Crippen molar-refractivity contribution in [2.45, 2.75) is 44.8 Å². The van der Waals surface area contributed by atoms with Crippen LogP contribution in [0.1, 0.15) is 47.4 Å². The van der Waals surface area contributed by atoms with Gasteiger partial charge in [0.25, 0.3) is 5.91 Å². The van der Waals surface area contributed by atoms with Crippen LogP contribution < -0.4 is 15.4 Å². The fourth-order valence-electron chi connectivity index (χ4n) is 4.26. The predicted octanol–water partition coefficient (Wildman–Crippen LogP) is 5.26. The van der Waals surface area contributed by atoms with E-state index in [2.05, 4.69) is 15.6 Å². The molecule has 5 rings (SSSR count). The number of rotatable bonds is 8. The van der Waals surface area contributed by atoms with E-state index >= 15 is 0 Å². The molecule has 35 heavy (non-hydrogen) atoms. The molecule has 7 nitrogen and oxygen atoms in total. The van der Waals surface area contributed by atoms with Crippen molar-refractivity contribution in [2.75, 3.05) is 5.32 Å². The molecule has 2 N–H and O–H groups in total. The Kier molecular flexibility index (Phi) is 6.75. The largest absolute Gasteiger partial charge is 0.474 e. The Morgan fingerprint density at radius 1 is 1.00 bits per heavy atom. The minimum Gasteiger partial charge on any atom is -0.474 e. The van der Waals surface area contributed by atoms with Crippen molar-refractivity contribution in [1.82, 2.24) is 10.3 Å². The lowest BCUT2D eigenvalue weighted by molar-refractivity contribution is -0.120. The number of carbonyl (C=O) groups excluding carboxylic acids is 2. The van der Waals surface area contributed by atoms with Crippen LogP contribution in [0.4, 0.5) is 5.69 Å². The highest BCUT2D eigenvalue weighted by atomic mass is 16.5. The van der Waals surface area contributed by atoms with Crippen molar-refractivity contribution in [1.29, 1.82) is 0 Å². The number of aromatic nitrogens is 1. The molecule has 0 atom stereocenters. The minimum absolute atomic E-state index is 0.0975. The van der Waals surface area contributed by atoms with Crippen molar-refractivity contribution in [3.8, 4) is 5.88 Å². The molecule has 0 radical (unpaired) electrons. The molecule has 2 aromatic carbocycles. The van der Waals surface area contributed by atoms with E-state index in [0.29, 0.717) is 23.7 Å². The number of hydrogen-bond acceptors (Lipinski definition) is 5. The van der Waals surface area contributed by atoms with Gasteiger partial charge in [-0.2, -0.15) is 0 Å². The maximum atomic E-state index is 12.5. The molecule has 0 unspecified atom stereocenters. The topological polar surface area (TPSA) is 93.5 Å². The summed E-state index contributed by atoms with van der Waals surface area (Å²) >= 11 is 0. The lowest BCUT2D eigenvalue weighted by atomic mass is 10.1. The second kappa shape index (κ2) is 10.4. The first kappa shape index (κ1) is 22.7. The van der Waals surface area contributed by atoms with Gasteiger partial charge in [0.1, 0.15) is 11.7 Å². The molecule has 2 heterocycles. The van der Waals surface area contributed by atoms with E-state index in [4.69, 9.17) is 9.15 Å².